The molecule has 3 N–H and O–H groups in total. The summed E-state index contributed by atoms with van der Waals surface area (Å²) in [4.78, 5) is 63.8. The lowest BCUT2D eigenvalue weighted by Gasteiger charge is -2.42. The Labute approximate surface area is 200 Å². The molecular formula is C22H31F3N4O6. The Bertz CT molecular complexity index is 895. The van der Waals surface area contributed by atoms with E-state index in [1.165, 1.54) is 4.90 Å². The summed E-state index contributed by atoms with van der Waals surface area (Å²) in [7, 11) is 0. The normalized spacial score (nSPS) is 26.6. The number of Topliss-reactive ketones (excluding diaryl/α,β-unsaturated/α-hetero) is 1. The molecule has 0 spiro atoms. The molecule has 3 heterocycles. The van der Waals surface area contributed by atoms with Crippen molar-refractivity contribution in [3.05, 3.63) is 0 Å². The summed E-state index contributed by atoms with van der Waals surface area (Å²) in [6.07, 6.45) is -3.99. The van der Waals surface area contributed by atoms with Crippen molar-refractivity contribution in [2.45, 2.75) is 76.4 Å². The van der Waals surface area contributed by atoms with E-state index in [-0.39, 0.29) is 24.7 Å². The van der Waals surface area contributed by atoms with Crippen LogP contribution in [0.5, 0.6) is 0 Å². The van der Waals surface area contributed by atoms with Crippen LogP contribution in [0.15, 0.2) is 0 Å². The first kappa shape index (κ1) is 26.9. The molecule has 13 heteroatoms. The highest BCUT2D eigenvalue weighted by atomic mass is 19.4. The average molecular weight is 505 g/mol. The van der Waals surface area contributed by atoms with Crippen molar-refractivity contribution in [1.82, 2.24) is 20.9 Å². The van der Waals surface area contributed by atoms with E-state index in [9.17, 15) is 37.1 Å². The Morgan fingerprint density at radius 2 is 1.86 bits per heavy atom. The predicted octanol–water partition coefficient (Wildman–Crippen LogP) is 0.399. The highest BCUT2D eigenvalue weighted by Crippen LogP contribution is 2.52. The summed E-state index contributed by atoms with van der Waals surface area (Å²) >= 11 is 0. The fourth-order valence-corrected chi connectivity index (χ4v) is 5.09. The Balaban J connectivity index is 1.66. The molecule has 0 aromatic rings. The monoisotopic (exact) mass is 504 g/mol. The maximum atomic E-state index is 12.9. The molecule has 4 rings (SSSR count). The summed E-state index contributed by atoms with van der Waals surface area (Å²) < 4.78 is 40.9. The van der Waals surface area contributed by atoms with Gasteiger partial charge < -0.3 is 20.9 Å². The van der Waals surface area contributed by atoms with Gasteiger partial charge in [0.1, 0.15) is 6.61 Å². The van der Waals surface area contributed by atoms with E-state index in [1.54, 1.807) is 20.8 Å². The molecule has 10 nitrogen and oxygen atoms in total. The van der Waals surface area contributed by atoms with Gasteiger partial charge in [0.2, 0.25) is 11.8 Å². The maximum absolute atomic E-state index is 12.9. The minimum absolute atomic E-state index is 0.147. The summed E-state index contributed by atoms with van der Waals surface area (Å²) in [5.41, 5.74) is -1.51. The fourth-order valence-electron chi connectivity index (χ4n) is 5.09. The molecule has 0 unspecified atom stereocenters. The van der Waals surface area contributed by atoms with E-state index < -0.39 is 59.5 Å². The molecule has 35 heavy (non-hydrogen) atoms. The average Bonchev–Trinajstić information content (AvgIpc) is 3.36. The molecule has 1 saturated carbocycles. The smallest absolute Gasteiger partial charge is 0.356 e. The molecule has 2 atom stereocenters. The number of rotatable bonds is 8. The standard InChI is InChI=1S/C22H31F3N4O6/c1-20(2,3)28-18(33)19(34)29-10-12-7-21(29,8-12)9-16(31)27-14(6-13-4-5-26-17(13)32)15(30)11-35-22(23,24)25/h12-14H,4-11H2,1-3H3,(H,26,32)(H,27,31)(H,28,33)/t12-,13-,14-,21+/m0/s1. The molecule has 0 aromatic heterocycles. The molecule has 0 radical (unpaired) electrons. The van der Waals surface area contributed by atoms with E-state index in [2.05, 4.69) is 20.7 Å². The van der Waals surface area contributed by atoms with Gasteiger partial charge in [0.05, 0.1) is 11.6 Å². The van der Waals surface area contributed by atoms with Crippen molar-refractivity contribution < 1.29 is 41.9 Å². The summed E-state index contributed by atoms with van der Waals surface area (Å²) in [5.74, 6) is -4.02. The van der Waals surface area contributed by atoms with Gasteiger partial charge >= 0.3 is 18.2 Å². The van der Waals surface area contributed by atoms with Gasteiger partial charge in [0.15, 0.2) is 5.78 Å². The van der Waals surface area contributed by atoms with Crippen molar-refractivity contribution in [2.75, 3.05) is 19.7 Å². The third-order valence-electron chi connectivity index (χ3n) is 6.55. The molecule has 3 saturated heterocycles. The van der Waals surface area contributed by atoms with Gasteiger partial charge in [0.25, 0.3) is 0 Å². The van der Waals surface area contributed by atoms with Gasteiger partial charge in [-0.05, 0) is 52.4 Å². The van der Waals surface area contributed by atoms with Gasteiger partial charge in [-0.15, -0.1) is 13.2 Å². The van der Waals surface area contributed by atoms with Crippen LogP contribution in [-0.4, -0.2) is 77.5 Å². The molecular weight excluding hydrogens is 473 g/mol. The van der Waals surface area contributed by atoms with Gasteiger partial charge in [-0.1, -0.05) is 0 Å². The predicted molar refractivity (Wildman–Crippen MR) is 114 cm³/mol. The Kier molecular flexibility index (Phi) is 7.49. The second-order valence-electron chi connectivity index (χ2n) is 10.6. The number of carbonyl (C=O) groups excluding carboxylic acids is 5. The van der Waals surface area contributed by atoms with Crippen LogP contribution in [0.2, 0.25) is 0 Å². The van der Waals surface area contributed by atoms with Crippen LogP contribution in [0, 0.1) is 11.8 Å². The first-order valence-corrected chi connectivity index (χ1v) is 11.5. The number of hydrogen-bond donors (Lipinski definition) is 3. The van der Waals surface area contributed by atoms with Crippen LogP contribution < -0.4 is 16.0 Å². The van der Waals surface area contributed by atoms with E-state index in [0.29, 0.717) is 32.4 Å². The molecule has 1 aliphatic carbocycles. The van der Waals surface area contributed by atoms with Gasteiger partial charge in [-0.2, -0.15) is 0 Å². The molecule has 3 aliphatic heterocycles. The lowest BCUT2D eigenvalue weighted by atomic mass is 9.71. The number of fused-ring (bicyclic) bond motifs is 1. The first-order chi connectivity index (χ1) is 16.1. The topological polar surface area (TPSA) is 134 Å². The number of halogens is 3. The third-order valence-corrected chi connectivity index (χ3v) is 6.55. The largest absolute Gasteiger partial charge is 0.522 e. The number of nitrogens with one attached hydrogen (secondary N) is 3. The molecule has 4 fully saturated rings. The second-order valence-corrected chi connectivity index (χ2v) is 10.6. The molecule has 4 aliphatic rings. The number of carbonyl (C=O) groups is 5. The Hall–Kier alpha value is -2.70. The van der Waals surface area contributed by atoms with Crippen molar-refractivity contribution in [3.63, 3.8) is 0 Å². The zero-order valence-electron chi connectivity index (χ0n) is 19.9. The lowest BCUT2D eigenvalue weighted by molar-refractivity contribution is -0.321. The lowest BCUT2D eigenvalue weighted by Crippen LogP contribution is -2.57. The number of nitrogens with zero attached hydrogens (tertiary/aromatic N) is 1. The first-order valence-electron chi connectivity index (χ1n) is 11.5. The minimum atomic E-state index is -5.02. The Morgan fingerprint density at radius 3 is 2.40 bits per heavy atom. The van der Waals surface area contributed by atoms with Gasteiger partial charge in [0, 0.05) is 31.0 Å². The summed E-state index contributed by atoms with van der Waals surface area (Å²) in [6.45, 7) is 4.59. The highest BCUT2D eigenvalue weighted by molar-refractivity contribution is 6.35. The third kappa shape index (κ3) is 6.71. The maximum Gasteiger partial charge on any atom is 0.522 e. The highest BCUT2D eigenvalue weighted by Gasteiger charge is 2.59. The number of ether oxygens (including phenoxy) is 1. The van der Waals surface area contributed by atoms with E-state index in [0.717, 1.165) is 0 Å². The zero-order chi connectivity index (χ0) is 26.2. The summed E-state index contributed by atoms with van der Waals surface area (Å²) in [6, 6.07) is -1.36. The van der Waals surface area contributed by atoms with Crippen molar-refractivity contribution >= 4 is 29.4 Å². The Morgan fingerprint density at radius 1 is 1.20 bits per heavy atom. The van der Waals surface area contributed by atoms with Crippen molar-refractivity contribution in [3.8, 4) is 0 Å². The van der Waals surface area contributed by atoms with Crippen LogP contribution in [0.1, 0.15) is 52.9 Å². The second kappa shape index (κ2) is 9.75. The molecule has 2 bridgehead atoms. The summed E-state index contributed by atoms with van der Waals surface area (Å²) in [5, 5.41) is 7.64. The number of hydrogen-bond acceptors (Lipinski definition) is 6. The van der Waals surface area contributed by atoms with E-state index >= 15 is 0 Å². The number of alkyl halides is 3. The van der Waals surface area contributed by atoms with Crippen LogP contribution in [0.25, 0.3) is 0 Å². The number of ketones is 1. The van der Waals surface area contributed by atoms with Crippen LogP contribution in [-0.2, 0) is 28.7 Å². The number of amides is 4. The van der Waals surface area contributed by atoms with Gasteiger partial charge in [-0.3, -0.25) is 28.7 Å². The SMILES string of the molecule is CC(C)(C)NC(=O)C(=O)N1C[C@H]2C[C@]1(CC(=O)N[C@@H](C[C@@H]1CCNC1=O)C(=O)COC(F)(F)F)C2. The van der Waals surface area contributed by atoms with Crippen molar-refractivity contribution in [1.29, 1.82) is 0 Å². The quantitative estimate of drug-likeness (QED) is 0.410. The van der Waals surface area contributed by atoms with Crippen LogP contribution in [0.4, 0.5) is 13.2 Å². The molecule has 196 valence electrons. The van der Waals surface area contributed by atoms with Crippen LogP contribution in [0.3, 0.4) is 0 Å². The van der Waals surface area contributed by atoms with E-state index in [1.807, 2.05) is 0 Å². The van der Waals surface area contributed by atoms with Crippen molar-refractivity contribution in [2.24, 2.45) is 11.8 Å². The zero-order valence-corrected chi connectivity index (χ0v) is 19.9. The molecule has 4 amide bonds. The minimum Gasteiger partial charge on any atom is -0.356 e. The van der Waals surface area contributed by atoms with Gasteiger partial charge in [-0.25, -0.2) is 0 Å². The van der Waals surface area contributed by atoms with Crippen LogP contribution >= 0.6 is 0 Å². The molecule has 0 aromatic carbocycles. The van der Waals surface area contributed by atoms with E-state index in [4.69, 9.17) is 0 Å². The fraction of sp³-hybridized carbons (Fsp3) is 0.773.